The van der Waals surface area contributed by atoms with Gasteiger partial charge in [-0.15, -0.1) is 0 Å². The van der Waals surface area contributed by atoms with E-state index in [0.29, 0.717) is 23.7 Å². The van der Waals surface area contributed by atoms with Crippen molar-refractivity contribution >= 4 is 34.2 Å². The second kappa shape index (κ2) is 8.85. The van der Waals surface area contributed by atoms with Crippen LogP contribution in [-0.4, -0.2) is 13.0 Å². The van der Waals surface area contributed by atoms with Crippen molar-refractivity contribution in [2.75, 3.05) is 12.4 Å². The molecule has 0 saturated heterocycles. The Balaban J connectivity index is 1.84. The lowest BCUT2D eigenvalue weighted by molar-refractivity contribution is 0.102. The molecule has 3 rings (SSSR count). The van der Waals surface area contributed by atoms with Crippen LogP contribution in [0.5, 0.6) is 11.5 Å². The quantitative estimate of drug-likeness (QED) is 0.493. The smallest absolute Gasteiger partial charge is 0.255 e. The fraction of sp³-hybridized carbons (Fsp3) is 0.0952. The number of rotatable bonds is 6. The van der Waals surface area contributed by atoms with Crippen LogP contribution in [0.4, 0.5) is 10.1 Å². The normalized spacial score (nSPS) is 10.3. The van der Waals surface area contributed by atoms with Crippen molar-refractivity contribution in [1.82, 2.24) is 0 Å². The molecule has 1 amide bonds. The van der Waals surface area contributed by atoms with E-state index in [1.165, 1.54) is 12.1 Å². The zero-order valence-electron chi connectivity index (χ0n) is 14.5. The van der Waals surface area contributed by atoms with E-state index >= 15 is 0 Å². The zero-order chi connectivity index (χ0) is 19.2. The average molecular weight is 477 g/mol. The molecule has 3 aromatic rings. The molecule has 0 fully saturated rings. The summed E-state index contributed by atoms with van der Waals surface area (Å²) in [6.07, 6.45) is 0. The van der Waals surface area contributed by atoms with Crippen LogP contribution in [0.2, 0.25) is 0 Å². The molecule has 6 heteroatoms. The molecule has 0 spiro atoms. The Hall–Kier alpha value is -2.61. The third-order valence-electron chi connectivity index (χ3n) is 3.84. The van der Waals surface area contributed by atoms with Gasteiger partial charge in [-0.05, 0) is 52.4 Å². The van der Waals surface area contributed by atoms with Crippen LogP contribution in [0.3, 0.4) is 0 Å². The van der Waals surface area contributed by atoms with E-state index in [9.17, 15) is 9.18 Å². The molecule has 0 heterocycles. The Morgan fingerprint density at radius 3 is 2.48 bits per heavy atom. The van der Waals surface area contributed by atoms with E-state index in [0.717, 1.165) is 9.13 Å². The lowest BCUT2D eigenvalue weighted by Crippen LogP contribution is -2.14. The standard InChI is InChI=1S/C21H17FINO3/c1-26-20-17(23)11-15(21(25)24-18-10-6-5-9-16(18)22)12-19(20)27-13-14-7-3-2-4-8-14/h2-12H,13H2,1H3,(H,24,25). The first-order chi connectivity index (χ1) is 13.1. The molecule has 0 atom stereocenters. The first kappa shape index (κ1) is 19.2. The van der Waals surface area contributed by atoms with Crippen molar-refractivity contribution in [3.63, 3.8) is 0 Å². The summed E-state index contributed by atoms with van der Waals surface area (Å²) in [5.74, 6) is 0.0840. The molecule has 0 saturated carbocycles. The largest absolute Gasteiger partial charge is 0.492 e. The maximum Gasteiger partial charge on any atom is 0.255 e. The Bertz CT molecular complexity index is 947. The molecular formula is C21H17FINO3. The van der Waals surface area contributed by atoms with Gasteiger partial charge in [0.1, 0.15) is 12.4 Å². The van der Waals surface area contributed by atoms with Crippen molar-refractivity contribution in [2.45, 2.75) is 6.61 Å². The van der Waals surface area contributed by atoms with E-state index in [-0.39, 0.29) is 5.69 Å². The van der Waals surface area contributed by atoms with E-state index in [1.54, 1.807) is 31.4 Å². The summed E-state index contributed by atoms with van der Waals surface area (Å²) in [5, 5.41) is 2.58. The highest BCUT2D eigenvalue weighted by Gasteiger charge is 2.16. The van der Waals surface area contributed by atoms with Gasteiger partial charge in [0.2, 0.25) is 0 Å². The highest BCUT2D eigenvalue weighted by Crippen LogP contribution is 2.34. The number of ether oxygens (including phenoxy) is 2. The molecule has 0 aliphatic rings. The topological polar surface area (TPSA) is 47.6 Å². The fourth-order valence-corrected chi connectivity index (χ4v) is 3.32. The first-order valence-corrected chi connectivity index (χ1v) is 9.26. The molecule has 0 radical (unpaired) electrons. The van der Waals surface area contributed by atoms with Gasteiger partial charge >= 0.3 is 0 Å². The summed E-state index contributed by atoms with van der Waals surface area (Å²) in [6, 6.07) is 19.0. The number of carbonyl (C=O) groups is 1. The van der Waals surface area contributed by atoms with Crippen molar-refractivity contribution in [3.05, 3.63) is 87.2 Å². The molecule has 0 aromatic heterocycles. The van der Waals surface area contributed by atoms with Gasteiger partial charge in [0, 0.05) is 5.56 Å². The highest BCUT2D eigenvalue weighted by atomic mass is 127. The van der Waals surface area contributed by atoms with Crippen LogP contribution < -0.4 is 14.8 Å². The molecule has 0 aliphatic heterocycles. The lowest BCUT2D eigenvalue weighted by Gasteiger charge is -2.14. The molecule has 0 unspecified atom stereocenters. The molecule has 1 N–H and O–H groups in total. The summed E-state index contributed by atoms with van der Waals surface area (Å²) in [6.45, 7) is 0.339. The first-order valence-electron chi connectivity index (χ1n) is 8.18. The second-order valence-electron chi connectivity index (χ2n) is 5.70. The fourth-order valence-electron chi connectivity index (χ4n) is 2.50. The number of para-hydroxylation sites is 1. The van der Waals surface area contributed by atoms with E-state index in [4.69, 9.17) is 9.47 Å². The monoisotopic (exact) mass is 477 g/mol. The van der Waals surface area contributed by atoms with Crippen LogP contribution in [0, 0.1) is 9.39 Å². The van der Waals surface area contributed by atoms with Crippen LogP contribution in [0.15, 0.2) is 66.7 Å². The number of anilines is 1. The number of hydrogen-bond acceptors (Lipinski definition) is 3. The third-order valence-corrected chi connectivity index (χ3v) is 4.64. The van der Waals surface area contributed by atoms with Crippen molar-refractivity contribution in [2.24, 2.45) is 0 Å². The molecule has 27 heavy (non-hydrogen) atoms. The van der Waals surface area contributed by atoms with Crippen molar-refractivity contribution < 1.29 is 18.7 Å². The predicted octanol–water partition coefficient (Wildman–Crippen LogP) is 5.27. The van der Waals surface area contributed by atoms with Crippen LogP contribution in [-0.2, 0) is 6.61 Å². The Labute approximate surface area is 170 Å². The summed E-state index contributed by atoms with van der Waals surface area (Å²) in [7, 11) is 1.55. The minimum Gasteiger partial charge on any atom is -0.492 e. The van der Waals surface area contributed by atoms with Crippen molar-refractivity contribution in [1.29, 1.82) is 0 Å². The van der Waals surface area contributed by atoms with Gasteiger partial charge in [-0.3, -0.25) is 4.79 Å². The van der Waals surface area contributed by atoms with Gasteiger partial charge in [-0.2, -0.15) is 0 Å². The summed E-state index contributed by atoms with van der Waals surface area (Å²) >= 11 is 2.08. The maximum atomic E-state index is 13.8. The van der Waals surface area contributed by atoms with Gasteiger partial charge in [-0.1, -0.05) is 42.5 Å². The number of halogens is 2. The summed E-state index contributed by atoms with van der Waals surface area (Å²) in [4.78, 5) is 12.6. The van der Waals surface area contributed by atoms with E-state index < -0.39 is 11.7 Å². The number of benzene rings is 3. The second-order valence-corrected chi connectivity index (χ2v) is 6.86. The summed E-state index contributed by atoms with van der Waals surface area (Å²) < 4.78 is 25.8. The molecule has 0 bridgehead atoms. The van der Waals surface area contributed by atoms with E-state index in [1.807, 2.05) is 30.3 Å². The van der Waals surface area contributed by atoms with Crippen molar-refractivity contribution in [3.8, 4) is 11.5 Å². The van der Waals surface area contributed by atoms with Gasteiger partial charge in [-0.25, -0.2) is 4.39 Å². The number of nitrogens with one attached hydrogen (secondary N) is 1. The van der Waals surface area contributed by atoms with Crippen LogP contribution in [0.25, 0.3) is 0 Å². The van der Waals surface area contributed by atoms with Gasteiger partial charge < -0.3 is 14.8 Å². The number of methoxy groups -OCH3 is 1. The van der Waals surface area contributed by atoms with E-state index in [2.05, 4.69) is 27.9 Å². The predicted molar refractivity (Wildman–Crippen MR) is 111 cm³/mol. The molecule has 138 valence electrons. The zero-order valence-corrected chi connectivity index (χ0v) is 16.7. The molecule has 0 aliphatic carbocycles. The highest BCUT2D eigenvalue weighted by molar-refractivity contribution is 14.1. The minimum atomic E-state index is -0.491. The van der Waals surface area contributed by atoms with Gasteiger partial charge in [0.05, 0.1) is 16.4 Å². The van der Waals surface area contributed by atoms with Crippen LogP contribution >= 0.6 is 22.6 Å². The minimum absolute atomic E-state index is 0.125. The third kappa shape index (κ3) is 4.77. The maximum absolute atomic E-state index is 13.8. The SMILES string of the molecule is COc1c(I)cc(C(=O)Nc2ccccc2F)cc1OCc1ccccc1. The summed E-state index contributed by atoms with van der Waals surface area (Å²) in [5.41, 5.74) is 1.47. The number of amides is 1. The Morgan fingerprint density at radius 2 is 1.78 bits per heavy atom. The lowest BCUT2D eigenvalue weighted by atomic mass is 10.1. The molecule has 4 nitrogen and oxygen atoms in total. The number of hydrogen-bond donors (Lipinski definition) is 1. The van der Waals surface area contributed by atoms with Crippen LogP contribution in [0.1, 0.15) is 15.9 Å². The Morgan fingerprint density at radius 1 is 1.07 bits per heavy atom. The van der Waals surface area contributed by atoms with Gasteiger partial charge in [0.25, 0.3) is 5.91 Å². The molecule has 3 aromatic carbocycles. The van der Waals surface area contributed by atoms with Gasteiger partial charge in [0.15, 0.2) is 11.5 Å². The number of carbonyl (C=O) groups excluding carboxylic acids is 1. The Kier molecular flexibility index (Phi) is 6.28. The molecular weight excluding hydrogens is 460 g/mol. The average Bonchev–Trinajstić information content (AvgIpc) is 2.68.